The van der Waals surface area contributed by atoms with Gasteiger partial charge < -0.3 is 14.7 Å². The lowest BCUT2D eigenvalue weighted by atomic mass is 10.1. The van der Waals surface area contributed by atoms with E-state index in [9.17, 15) is 9.90 Å². The number of ether oxygens (including phenoxy) is 1. The van der Waals surface area contributed by atoms with Gasteiger partial charge in [0.05, 0.1) is 12.6 Å². The molecule has 7 heteroatoms. The fourth-order valence-corrected chi connectivity index (χ4v) is 2.24. The average molecular weight is 266 g/mol. The van der Waals surface area contributed by atoms with E-state index in [1.165, 1.54) is 12.4 Å². The van der Waals surface area contributed by atoms with E-state index in [0.29, 0.717) is 19.4 Å². The van der Waals surface area contributed by atoms with Crippen molar-refractivity contribution in [1.82, 2.24) is 19.7 Å². The highest BCUT2D eigenvalue weighted by Gasteiger charge is 2.35. The molecule has 19 heavy (non-hydrogen) atoms. The lowest BCUT2D eigenvalue weighted by Gasteiger charge is -2.22. The quantitative estimate of drug-likeness (QED) is 0.783. The third-order valence-corrected chi connectivity index (χ3v) is 3.17. The Morgan fingerprint density at radius 3 is 3.16 bits per heavy atom. The molecule has 1 aromatic rings. The van der Waals surface area contributed by atoms with E-state index in [1.807, 2.05) is 0 Å². The van der Waals surface area contributed by atoms with Crippen molar-refractivity contribution in [3.05, 3.63) is 24.8 Å². The molecule has 0 aromatic carbocycles. The van der Waals surface area contributed by atoms with E-state index in [1.54, 1.807) is 16.6 Å². The minimum absolute atomic E-state index is 0.116. The number of likely N-dealkylation sites (tertiary alicyclic amines) is 1. The lowest BCUT2D eigenvalue weighted by Crippen LogP contribution is -2.38. The van der Waals surface area contributed by atoms with Gasteiger partial charge >= 0.3 is 6.09 Å². The number of carbonyl (C=O) groups is 1. The van der Waals surface area contributed by atoms with Crippen LogP contribution in [0.25, 0.3) is 0 Å². The Balaban J connectivity index is 2.03. The molecule has 2 atom stereocenters. The standard InChI is InChI=1S/C12H18N4O3/c1-3-4-19-12(18)16-7-10(17)5-9(16)6-11-13-8-14-15(11)2/h3,8-10,17H,1,4-7H2,2H3/t9-,10+/m0/s1. The zero-order chi connectivity index (χ0) is 13.8. The van der Waals surface area contributed by atoms with Gasteiger partial charge in [-0.1, -0.05) is 12.7 Å². The summed E-state index contributed by atoms with van der Waals surface area (Å²) in [6.45, 7) is 3.96. The number of aromatic nitrogens is 3. The Hall–Kier alpha value is -1.89. The van der Waals surface area contributed by atoms with Crippen LogP contribution in [-0.2, 0) is 18.2 Å². The number of hydrogen-bond acceptors (Lipinski definition) is 5. The van der Waals surface area contributed by atoms with Gasteiger partial charge in [0, 0.05) is 19.5 Å². The fourth-order valence-electron chi connectivity index (χ4n) is 2.24. The molecule has 1 amide bonds. The summed E-state index contributed by atoms with van der Waals surface area (Å²) in [7, 11) is 1.80. The summed E-state index contributed by atoms with van der Waals surface area (Å²) in [4.78, 5) is 17.6. The largest absolute Gasteiger partial charge is 0.445 e. The van der Waals surface area contributed by atoms with E-state index in [0.717, 1.165) is 5.82 Å². The third kappa shape index (κ3) is 3.11. The molecule has 104 valence electrons. The Morgan fingerprint density at radius 2 is 2.53 bits per heavy atom. The van der Waals surface area contributed by atoms with Crippen molar-refractivity contribution in [3.8, 4) is 0 Å². The highest BCUT2D eigenvalue weighted by Crippen LogP contribution is 2.21. The Bertz CT molecular complexity index is 460. The van der Waals surface area contributed by atoms with Gasteiger partial charge in [0.25, 0.3) is 0 Å². The number of aliphatic hydroxyl groups excluding tert-OH is 1. The molecule has 2 heterocycles. The van der Waals surface area contributed by atoms with Crippen LogP contribution in [0.4, 0.5) is 4.79 Å². The van der Waals surface area contributed by atoms with Crippen LogP contribution in [0.15, 0.2) is 19.0 Å². The number of rotatable bonds is 4. The Labute approximate surface area is 111 Å². The lowest BCUT2D eigenvalue weighted by molar-refractivity contribution is 0.102. The van der Waals surface area contributed by atoms with Crippen molar-refractivity contribution < 1.29 is 14.6 Å². The summed E-state index contributed by atoms with van der Waals surface area (Å²) >= 11 is 0. The number of aliphatic hydroxyl groups is 1. The first kappa shape index (κ1) is 13.5. The van der Waals surface area contributed by atoms with Gasteiger partial charge in [0.15, 0.2) is 0 Å². The summed E-state index contributed by atoms with van der Waals surface area (Å²) < 4.78 is 6.68. The molecular weight excluding hydrogens is 248 g/mol. The highest BCUT2D eigenvalue weighted by atomic mass is 16.6. The van der Waals surface area contributed by atoms with Crippen molar-refractivity contribution in [2.75, 3.05) is 13.2 Å². The molecule has 1 fully saturated rings. The maximum absolute atomic E-state index is 11.9. The molecule has 0 unspecified atom stereocenters. The fraction of sp³-hybridized carbons (Fsp3) is 0.583. The van der Waals surface area contributed by atoms with E-state index >= 15 is 0 Å². The van der Waals surface area contributed by atoms with Crippen LogP contribution in [0.3, 0.4) is 0 Å². The average Bonchev–Trinajstić information content (AvgIpc) is 2.94. The number of aryl methyl sites for hydroxylation is 1. The summed E-state index contributed by atoms with van der Waals surface area (Å²) in [6.07, 6.45) is 3.12. The van der Waals surface area contributed by atoms with Crippen LogP contribution in [0, 0.1) is 0 Å². The maximum atomic E-state index is 11.9. The van der Waals surface area contributed by atoms with Crippen LogP contribution in [0.1, 0.15) is 12.2 Å². The smallest absolute Gasteiger partial charge is 0.410 e. The second-order valence-corrected chi connectivity index (χ2v) is 4.57. The van der Waals surface area contributed by atoms with Gasteiger partial charge in [-0.2, -0.15) is 5.10 Å². The second-order valence-electron chi connectivity index (χ2n) is 4.57. The second kappa shape index (κ2) is 5.83. The van der Waals surface area contributed by atoms with Gasteiger partial charge in [-0.25, -0.2) is 9.78 Å². The van der Waals surface area contributed by atoms with Gasteiger partial charge in [-0.3, -0.25) is 4.68 Å². The molecule has 0 radical (unpaired) electrons. The van der Waals surface area contributed by atoms with Crippen molar-refractivity contribution in [2.24, 2.45) is 7.05 Å². The van der Waals surface area contributed by atoms with Crippen molar-refractivity contribution in [2.45, 2.75) is 25.0 Å². The maximum Gasteiger partial charge on any atom is 0.410 e. The van der Waals surface area contributed by atoms with E-state index in [4.69, 9.17) is 4.74 Å². The highest BCUT2D eigenvalue weighted by molar-refractivity contribution is 5.68. The molecule has 0 bridgehead atoms. The SMILES string of the molecule is C=CCOC(=O)N1C[C@H](O)C[C@H]1Cc1ncnn1C. The Morgan fingerprint density at radius 1 is 1.74 bits per heavy atom. The van der Waals surface area contributed by atoms with E-state index in [2.05, 4.69) is 16.7 Å². The first-order chi connectivity index (χ1) is 9.11. The molecular formula is C12H18N4O3. The monoisotopic (exact) mass is 266 g/mol. The first-order valence-corrected chi connectivity index (χ1v) is 6.17. The number of amides is 1. The molecule has 0 aliphatic carbocycles. The summed E-state index contributed by atoms with van der Waals surface area (Å²) in [5.41, 5.74) is 0. The number of carbonyl (C=O) groups excluding carboxylic acids is 1. The predicted molar refractivity (Wildman–Crippen MR) is 67.4 cm³/mol. The van der Waals surface area contributed by atoms with Crippen LogP contribution < -0.4 is 0 Å². The van der Waals surface area contributed by atoms with Crippen molar-refractivity contribution >= 4 is 6.09 Å². The number of hydrogen-bond donors (Lipinski definition) is 1. The molecule has 1 aliphatic heterocycles. The molecule has 1 aromatic heterocycles. The third-order valence-electron chi connectivity index (χ3n) is 3.17. The number of nitrogens with zero attached hydrogens (tertiary/aromatic N) is 4. The van der Waals surface area contributed by atoms with E-state index < -0.39 is 12.2 Å². The van der Waals surface area contributed by atoms with Gasteiger partial charge in [-0.05, 0) is 6.42 Å². The van der Waals surface area contributed by atoms with Crippen molar-refractivity contribution in [1.29, 1.82) is 0 Å². The summed E-state index contributed by atoms with van der Waals surface area (Å²) in [5, 5.41) is 13.7. The molecule has 1 saturated heterocycles. The normalized spacial score (nSPS) is 22.5. The van der Waals surface area contributed by atoms with Crippen LogP contribution in [-0.4, -0.2) is 56.2 Å². The summed E-state index contributed by atoms with van der Waals surface area (Å²) in [6, 6.07) is -0.116. The van der Waals surface area contributed by atoms with E-state index in [-0.39, 0.29) is 12.6 Å². The molecule has 2 rings (SSSR count). The van der Waals surface area contributed by atoms with Crippen LogP contribution in [0.2, 0.25) is 0 Å². The zero-order valence-electron chi connectivity index (χ0n) is 10.9. The minimum Gasteiger partial charge on any atom is -0.445 e. The van der Waals surface area contributed by atoms with Gasteiger partial charge in [0.2, 0.25) is 0 Å². The van der Waals surface area contributed by atoms with Crippen LogP contribution in [0.5, 0.6) is 0 Å². The van der Waals surface area contributed by atoms with Crippen LogP contribution >= 0.6 is 0 Å². The summed E-state index contributed by atoms with van der Waals surface area (Å²) in [5.74, 6) is 0.778. The van der Waals surface area contributed by atoms with Gasteiger partial charge in [0.1, 0.15) is 18.8 Å². The molecule has 7 nitrogen and oxygen atoms in total. The Kier molecular flexibility index (Phi) is 4.16. The minimum atomic E-state index is -0.519. The predicted octanol–water partition coefficient (Wildman–Crippen LogP) is 0.115. The molecule has 1 N–H and O–H groups in total. The molecule has 1 aliphatic rings. The topological polar surface area (TPSA) is 80.5 Å². The molecule has 0 spiro atoms. The van der Waals surface area contributed by atoms with Crippen molar-refractivity contribution in [3.63, 3.8) is 0 Å². The number of β-amino-alcohol motifs (C(OH)–C–C–N with tert-alkyl or cyclic N) is 1. The molecule has 0 saturated carbocycles. The first-order valence-electron chi connectivity index (χ1n) is 6.17. The zero-order valence-corrected chi connectivity index (χ0v) is 10.9. The van der Waals surface area contributed by atoms with Gasteiger partial charge in [-0.15, -0.1) is 0 Å².